The molecule has 24 heavy (non-hydrogen) atoms. The summed E-state index contributed by atoms with van der Waals surface area (Å²) in [5.74, 6) is 0.0321. The van der Waals surface area contributed by atoms with Gasteiger partial charge in [0.2, 0.25) is 5.91 Å². The molecule has 1 saturated heterocycles. The van der Waals surface area contributed by atoms with Gasteiger partial charge < -0.3 is 4.90 Å². The Morgan fingerprint density at radius 3 is 2.29 bits per heavy atom. The van der Waals surface area contributed by atoms with Gasteiger partial charge >= 0.3 is 0 Å². The Balaban J connectivity index is 1.60. The second kappa shape index (κ2) is 7.18. The molecular weight excluding hydrogens is 322 g/mol. The SMILES string of the molecule is O=C(CCc1ccccc1)N1CC[C@@H](S(=O)(=O)c2ccccc2)C1. The van der Waals surface area contributed by atoms with E-state index in [2.05, 4.69) is 0 Å². The molecule has 2 aromatic rings. The summed E-state index contributed by atoms with van der Waals surface area (Å²) >= 11 is 0. The van der Waals surface area contributed by atoms with Gasteiger partial charge in [-0.2, -0.15) is 0 Å². The molecule has 0 radical (unpaired) electrons. The maximum Gasteiger partial charge on any atom is 0.222 e. The lowest BCUT2D eigenvalue weighted by Crippen LogP contribution is -2.32. The van der Waals surface area contributed by atoms with Crippen molar-refractivity contribution in [1.29, 1.82) is 0 Å². The maximum atomic E-state index is 12.6. The summed E-state index contributed by atoms with van der Waals surface area (Å²) in [6, 6.07) is 18.4. The molecule has 1 heterocycles. The molecule has 0 spiro atoms. The molecule has 4 nitrogen and oxygen atoms in total. The number of carbonyl (C=O) groups excluding carboxylic acids is 1. The number of amides is 1. The zero-order valence-corrected chi connectivity index (χ0v) is 14.3. The summed E-state index contributed by atoms with van der Waals surface area (Å²) in [5, 5.41) is -0.499. The second-order valence-electron chi connectivity index (χ2n) is 6.09. The van der Waals surface area contributed by atoms with E-state index < -0.39 is 15.1 Å². The van der Waals surface area contributed by atoms with E-state index in [1.54, 1.807) is 35.2 Å². The smallest absolute Gasteiger partial charge is 0.222 e. The Morgan fingerprint density at radius 1 is 1.00 bits per heavy atom. The molecule has 0 N–H and O–H groups in total. The number of sulfone groups is 1. The predicted octanol–water partition coefficient (Wildman–Crippen LogP) is 2.69. The maximum absolute atomic E-state index is 12.6. The highest BCUT2D eigenvalue weighted by molar-refractivity contribution is 7.92. The van der Waals surface area contributed by atoms with E-state index in [-0.39, 0.29) is 5.91 Å². The van der Waals surface area contributed by atoms with Gasteiger partial charge in [-0.05, 0) is 30.5 Å². The van der Waals surface area contributed by atoms with Gasteiger partial charge in [-0.1, -0.05) is 48.5 Å². The molecule has 0 bridgehead atoms. The molecule has 0 aromatic heterocycles. The standard InChI is InChI=1S/C19H21NO3S/c21-19(12-11-16-7-3-1-4-8-16)20-14-13-18(15-20)24(22,23)17-9-5-2-6-10-17/h1-10,18H,11-15H2/t18-/m1/s1. The van der Waals surface area contributed by atoms with Gasteiger partial charge in [0.15, 0.2) is 9.84 Å². The van der Waals surface area contributed by atoms with Crippen molar-refractivity contribution >= 4 is 15.7 Å². The van der Waals surface area contributed by atoms with Crippen LogP contribution in [0, 0.1) is 0 Å². The van der Waals surface area contributed by atoms with Crippen LogP contribution in [0.15, 0.2) is 65.6 Å². The molecular formula is C19H21NO3S. The van der Waals surface area contributed by atoms with Crippen molar-refractivity contribution in [2.75, 3.05) is 13.1 Å². The van der Waals surface area contributed by atoms with Crippen molar-refractivity contribution in [3.63, 3.8) is 0 Å². The summed E-state index contributed by atoms with van der Waals surface area (Å²) < 4.78 is 25.3. The molecule has 1 amide bonds. The van der Waals surface area contributed by atoms with Gasteiger partial charge in [-0.25, -0.2) is 8.42 Å². The normalized spacial score (nSPS) is 17.8. The number of hydrogen-bond donors (Lipinski definition) is 0. The zero-order chi connectivity index (χ0) is 17.0. The number of nitrogens with zero attached hydrogens (tertiary/aromatic N) is 1. The van der Waals surface area contributed by atoms with Crippen LogP contribution in [0.5, 0.6) is 0 Å². The van der Waals surface area contributed by atoms with E-state index in [9.17, 15) is 13.2 Å². The minimum absolute atomic E-state index is 0.0321. The third kappa shape index (κ3) is 3.67. The van der Waals surface area contributed by atoms with Crippen LogP contribution in [0.2, 0.25) is 0 Å². The average molecular weight is 343 g/mol. The Kier molecular flexibility index (Phi) is 5.00. The molecule has 0 aliphatic carbocycles. The number of rotatable bonds is 5. The first-order chi connectivity index (χ1) is 11.6. The van der Waals surface area contributed by atoms with Crippen LogP contribution in [0.1, 0.15) is 18.4 Å². The second-order valence-corrected chi connectivity index (χ2v) is 8.32. The molecule has 1 atom stereocenters. The summed E-state index contributed by atoms with van der Waals surface area (Å²) in [7, 11) is -3.37. The number of aryl methyl sites for hydroxylation is 1. The van der Waals surface area contributed by atoms with Crippen molar-refractivity contribution in [2.45, 2.75) is 29.4 Å². The van der Waals surface area contributed by atoms with E-state index in [0.717, 1.165) is 5.56 Å². The first-order valence-electron chi connectivity index (χ1n) is 8.18. The van der Waals surface area contributed by atoms with Gasteiger partial charge in [0.1, 0.15) is 0 Å². The quantitative estimate of drug-likeness (QED) is 0.839. The number of likely N-dealkylation sites (tertiary alicyclic amines) is 1. The van der Waals surface area contributed by atoms with Crippen LogP contribution in [0.25, 0.3) is 0 Å². The topological polar surface area (TPSA) is 54.5 Å². The zero-order valence-electron chi connectivity index (χ0n) is 13.5. The third-order valence-corrected chi connectivity index (χ3v) is 6.67. The number of benzene rings is 2. The van der Waals surface area contributed by atoms with Crippen LogP contribution in [-0.2, 0) is 21.1 Å². The van der Waals surface area contributed by atoms with Gasteiger partial charge in [0.05, 0.1) is 10.1 Å². The lowest BCUT2D eigenvalue weighted by Gasteiger charge is -2.17. The average Bonchev–Trinajstić information content (AvgIpc) is 3.12. The van der Waals surface area contributed by atoms with Crippen molar-refractivity contribution in [3.8, 4) is 0 Å². The highest BCUT2D eigenvalue weighted by atomic mass is 32.2. The van der Waals surface area contributed by atoms with Crippen LogP contribution in [0.4, 0.5) is 0 Å². The van der Waals surface area contributed by atoms with Crippen LogP contribution in [0.3, 0.4) is 0 Å². The number of carbonyl (C=O) groups is 1. The van der Waals surface area contributed by atoms with Crippen LogP contribution in [-0.4, -0.2) is 37.6 Å². The largest absolute Gasteiger partial charge is 0.341 e. The Hall–Kier alpha value is -2.14. The first kappa shape index (κ1) is 16.7. The molecule has 126 valence electrons. The van der Waals surface area contributed by atoms with E-state index >= 15 is 0 Å². The summed E-state index contributed by atoms with van der Waals surface area (Å²) in [4.78, 5) is 14.4. The van der Waals surface area contributed by atoms with E-state index in [0.29, 0.717) is 37.2 Å². The summed E-state index contributed by atoms with van der Waals surface area (Å²) in [6.45, 7) is 0.815. The highest BCUT2D eigenvalue weighted by Crippen LogP contribution is 2.24. The van der Waals surface area contributed by atoms with Crippen LogP contribution >= 0.6 is 0 Å². The molecule has 5 heteroatoms. The molecule has 3 rings (SSSR count). The fourth-order valence-electron chi connectivity index (χ4n) is 3.06. The summed E-state index contributed by atoms with van der Waals surface area (Å²) in [5.41, 5.74) is 1.12. The molecule has 0 saturated carbocycles. The van der Waals surface area contributed by atoms with E-state index in [1.165, 1.54) is 0 Å². The van der Waals surface area contributed by atoms with Gasteiger partial charge in [0.25, 0.3) is 0 Å². The lowest BCUT2D eigenvalue weighted by molar-refractivity contribution is -0.130. The Morgan fingerprint density at radius 2 is 1.62 bits per heavy atom. The van der Waals surface area contributed by atoms with Gasteiger partial charge in [0, 0.05) is 19.5 Å². The van der Waals surface area contributed by atoms with Gasteiger partial charge in [-0.15, -0.1) is 0 Å². The summed E-state index contributed by atoms with van der Waals surface area (Å²) in [6.07, 6.45) is 1.61. The first-order valence-corrected chi connectivity index (χ1v) is 9.72. The fourth-order valence-corrected chi connectivity index (χ4v) is 4.78. The van der Waals surface area contributed by atoms with Crippen molar-refractivity contribution in [2.24, 2.45) is 0 Å². The van der Waals surface area contributed by atoms with Crippen LogP contribution < -0.4 is 0 Å². The molecule has 0 unspecified atom stereocenters. The van der Waals surface area contributed by atoms with Crippen molar-refractivity contribution in [3.05, 3.63) is 66.2 Å². The van der Waals surface area contributed by atoms with Crippen molar-refractivity contribution < 1.29 is 13.2 Å². The fraction of sp³-hybridized carbons (Fsp3) is 0.316. The minimum Gasteiger partial charge on any atom is -0.341 e. The highest BCUT2D eigenvalue weighted by Gasteiger charge is 2.35. The Labute approximate surface area is 143 Å². The number of hydrogen-bond acceptors (Lipinski definition) is 3. The molecule has 1 fully saturated rings. The lowest BCUT2D eigenvalue weighted by atomic mass is 10.1. The van der Waals surface area contributed by atoms with E-state index in [1.807, 2.05) is 30.3 Å². The minimum atomic E-state index is -3.37. The third-order valence-electron chi connectivity index (χ3n) is 4.48. The van der Waals surface area contributed by atoms with Gasteiger partial charge in [-0.3, -0.25) is 4.79 Å². The van der Waals surface area contributed by atoms with Crippen molar-refractivity contribution in [1.82, 2.24) is 4.90 Å². The Bertz CT molecular complexity index is 788. The molecule has 1 aliphatic rings. The van der Waals surface area contributed by atoms with E-state index in [4.69, 9.17) is 0 Å². The monoisotopic (exact) mass is 343 g/mol. The predicted molar refractivity (Wildman–Crippen MR) is 93.4 cm³/mol. The molecule has 2 aromatic carbocycles. The molecule has 1 aliphatic heterocycles.